The van der Waals surface area contributed by atoms with Gasteiger partial charge in [0.15, 0.2) is 11.5 Å². The molecule has 5 heterocycles. The van der Waals surface area contributed by atoms with Crippen molar-refractivity contribution in [2.24, 2.45) is 0 Å². The quantitative estimate of drug-likeness (QED) is 0.438. The Morgan fingerprint density at radius 2 is 2.03 bits per heavy atom. The molecule has 1 aliphatic rings. The number of ether oxygens (including phenoxy) is 1. The summed E-state index contributed by atoms with van der Waals surface area (Å²) in [4.78, 5) is 27.2. The Morgan fingerprint density at radius 1 is 1.12 bits per heavy atom. The summed E-state index contributed by atoms with van der Waals surface area (Å²) < 4.78 is 21.7. The Balaban J connectivity index is 1.40. The van der Waals surface area contributed by atoms with Crippen molar-refractivity contribution in [3.05, 3.63) is 78.4 Å². The number of carbonyl (C=O) groups is 1. The number of benzene rings is 1. The second kappa shape index (κ2) is 7.73. The molecule has 1 atom stereocenters. The number of carbonyl (C=O) groups excluding carboxylic acids is 1. The first kappa shape index (κ1) is 20.0. The maximum absolute atomic E-state index is 14.8. The van der Waals surface area contributed by atoms with Crippen molar-refractivity contribution in [2.45, 2.75) is 13.0 Å². The fourth-order valence-electron chi connectivity index (χ4n) is 3.97. The van der Waals surface area contributed by atoms with Crippen LogP contribution in [0.1, 0.15) is 17.3 Å². The largest absolute Gasteiger partial charge is 0.446 e. The highest BCUT2D eigenvalue weighted by Crippen LogP contribution is 2.33. The summed E-state index contributed by atoms with van der Waals surface area (Å²) in [5, 5.41) is 10.8. The minimum atomic E-state index is -0.507. The summed E-state index contributed by atoms with van der Waals surface area (Å²) in [7, 11) is 0. The fourth-order valence-corrected chi connectivity index (χ4v) is 3.97. The molecule has 1 saturated heterocycles. The highest BCUT2D eigenvalue weighted by Gasteiger charge is 2.37. The number of rotatable bonds is 4. The van der Waals surface area contributed by atoms with Crippen molar-refractivity contribution in [3.8, 4) is 22.5 Å². The number of nitrogens with zero attached hydrogens (tertiary/aromatic N) is 7. The Labute approximate surface area is 192 Å². The molecule has 0 unspecified atom stereocenters. The molecule has 5 aromatic rings. The van der Waals surface area contributed by atoms with Gasteiger partial charge in [-0.3, -0.25) is 10.1 Å². The van der Waals surface area contributed by atoms with Gasteiger partial charge < -0.3 is 4.74 Å². The smallest absolute Gasteiger partial charge is 0.416 e. The fraction of sp³-hybridized carbons (Fsp3) is 0.130. The van der Waals surface area contributed by atoms with E-state index in [1.54, 1.807) is 41.3 Å². The van der Waals surface area contributed by atoms with Gasteiger partial charge in [0.05, 0.1) is 17.5 Å². The number of amides is 1. The number of hydrogen-bond donors (Lipinski definition) is 1. The molecule has 1 fully saturated rings. The molecule has 1 amide bonds. The lowest BCUT2D eigenvalue weighted by molar-refractivity contribution is 0.178. The number of halogens is 1. The maximum atomic E-state index is 14.8. The van der Waals surface area contributed by atoms with Gasteiger partial charge in [-0.15, -0.1) is 0 Å². The van der Waals surface area contributed by atoms with Crippen LogP contribution >= 0.6 is 0 Å². The van der Waals surface area contributed by atoms with E-state index in [9.17, 15) is 9.18 Å². The molecule has 34 heavy (non-hydrogen) atoms. The van der Waals surface area contributed by atoms with Gasteiger partial charge >= 0.3 is 6.09 Å². The number of fused-ring (bicyclic) bond motifs is 1. The van der Waals surface area contributed by atoms with Gasteiger partial charge in [-0.05, 0) is 42.3 Å². The summed E-state index contributed by atoms with van der Waals surface area (Å²) in [6, 6.07) is 9.83. The number of aryl methyl sites for hydroxylation is 1. The zero-order chi connectivity index (χ0) is 23.2. The van der Waals surface area contributed by atoms with E-state index in [1.807, 2.05) is 19.1 Å². The van der Waals surface area contributed by atoms with Crippen molar-refractivity contribution in [3.63, 3.8) is 0 Å². The molecule has 1 aliphatic heterocycles. The number of anilines is 1. The van der Waals surface area contributed by atoms with Crippen molar-refractivity contribution < 1.29 is 13.9 Å². The second-order valence-corrected chi connectivity index (χ2v) is 7.85. The third-order valence-corrected chi connectivity index (χ3v) is 5.69. The number of aromatic amines is 1. The summed E-state index contributed by atoms with van der Waals surface area (Å²) in [6.07, 6.45) is 5.94. The van der Waals surface area contributed by atoms with E-state index in [1.165, 1.54) is 17.3 Å². The molecule has 0 aliphatic carbocycles. The van der Waals surface area contributed by atoms with Gasteiger partial charge in [0.25, 0.3) is 0 Å². The van der Waals surface area contributed by atoms with Crippen LogP contribution in [0.2, 0.25) is 0 Å². The molecular weight excluding hydrogens is 439 g/mol. The van der Waals surface area contributed by atoms with Crippen LogP contribution in [0.25, 0.3) is 28.2 Å². The SMILES string of the molecule is Cc1ccc([C@H]2COC(=O)N2c2ccn3ncc(-c4ccc(-c5nc[nH]n5)c(F)c4)c3n2)nc1. The normalized spacial score (nSPS) is 15.8. The first-order valence-electron chi connectivity index (χ1n) is 10.5. The summed E-state index contributed by atoms with van der Waals surface area (Å²) in [5.74, 6) is 0.191. The Kier molecular flexibility index (Phi) is 4.54. The minimum absolute atomic E-state index is 0.168. The molecule has 1 aromatic carbocycles. The number of nitrogens with one attached hydrogen (secondary N) is 1. The van der Waals surface area contributed by atoms with E-state index in [0.29, 0.717) is 28.3 Å². The highest BCUT2D eigenvalue weighted by molar-refractivity contribution is 5.90. The maximum Gasteiger partial charge on any atom is 0.416 e. The van der Waals surface area contributed by atoms with Crippen LogP contribution in [0.5, 0.6) is 0 Å². The van der Waals surface area contributed by atoms with Crippen LogP contribution in [-0.2, 0) is 4.74 Å². The second-order valence-electron chi connectivity index (χ2n) is 7.85. The van der Waals surface area contributed by atoms with Crippen molar-refractivity contribution in [1.82, 2.24) is 34.8 Å². The van der Waals surface area contributed by atoms with Crippen LogP contribution in [0.15, 0.2) is 61.3 Å². The van der Waals surface area contributed by atoms with E-state index >= 15 is 0 Å². The first-order valence-corrected chi connectivity index (χ1v) is 10.5. The number of pyridine rings is 1. The number of H-pyrrole nitrogens is 1. The first-order chi connectivity index (χ1) is 16.6. The van der Waals surface area contributed by atoms with Gasteiger partial charge in [0.2, 0.25) is 0 Å². The molecule has 0 spiro atoms. The van der Waals surface area contributed by atoms with Gasteiger partial charge in [0.1, 0.15) is 30.6 Å². The zero-order valence-corrected chi connectivity index (χ0v) is 17.9. The van der Waals surface area contributed by atoms with Gasteiger partial charge in [0, 0.05) is 18.0 Å². The predicted molar refractivity (Wildman–Crippen MR) is 119 cm³/mol. The zero-order valence-electron chi connectivity index (χ0n) is 17.9. The molecule has 0 bridgehead atoms. The average molecular weight is 456 g/mol. The molecule has 0 saturated carbocycles. The third-order valence-electron chi connectivity index (χ3n) is 5.69. The van der Waals surface area contributed by atoms with E-state index < -0.39 is 18.0 Å². The molecule has 0 radical (unpaired) electrons. The van der Waals surface area contributed by atoms with E-state index in [0.717, 1.165) is 5.56 Å². The van der Waals surface area contributed by atoms with Crippen molar-refractivity contribution in [1.29, 1.82) is 0 Å². The molecule has 168 valence electrons. The van der Waals surface area contributed by atoms with E-state index in [4.69, 9.17) is 4.74 Å². The Hall–Kier alpha value is -4.67. The molecule has 11 heteroatoms. The van der Waals surface area contributed by atoms with Gasteiger partial charge in [-0.1, -0.05) is 12.1 Å². The third kappa shape index (κ3) is 3.25. The van der Waals surface area contributed by atoms with Crippen LogP contribution in [0, 0.1) is 12.7 Å². The highest BCUT2D eigenvalue weighted by atomic mass is 19.1. The van der Waals surface area contributed by atoms with Crippen LogP contribution < -0.4 is 4.90 Å². The number of aromatic nitrogens is 7. The average Bonchev–Trinajstić information content (AvgIpc) is 3.59. The minimum Gasteiger partial charge on any atom is -0.446 e. The molecule has 1 N–H and O–H groups in total. The van der Waals surface area contributed by atoms with Crippen molar-refractivity contribution in [2.75, 3.05) is 11.5 Å². The van der Waals surface area contributed by atoms with E-state index in [-0.39, 0.29) is 18.0 Å². The lowest BCUT2D eigenvalue weighted by Crippen LogP contribution is -2.28. The summed E-state index contributed by atoms with van der Waals surface area (Å²) in [6.45, 7) is 2.12. The van der Waals surface area contributed by atoms with E-state index in [2.05, 4.69) is 30.2 Å². The Bertz CT molecular complexity index is 1510. The summed E-state index contributed by atoms with van der Waals surface area (Å²) in [5.41, 5.74) is 3.67. The van der Waals surface area contributed by atoms with Crippen LogP contribution in [0.3, 0.4) is 0 Å². The number of hydrogen-bond acceptors (Lipinski definition) is 7. The van der Waals surface area contributed by atoms with Gasteiger partial charge in [-0.25, -0.2) is 28.6 Å². The molecular formula is C23H17FN8O2. The monoisotopic (exact) mass is 456 g/mol. The van der Waals surface area contributed by atoms with Crippen LogP contribution in [0.4, 0.5) is 15.0 Å². The lowest BCUT2D eigenvalue weighted by Gasteiger charge is -2.20. The summed E-state index contributed by atoms with van der Waals surface area (Å²) >= 11 is 0. The lowest BCUT2D eigenvalue weighted by atomic mass is 10.1. The Morgan fingerprint density at radius 3 is 2.79 bits per heavy atom. The van der Waals surface area contributed by atoms with Crippen LogP contribution in [-0.4, -0.2) is 47.5 Å². The molecule has 6 rings (SSSR count). The standard InChI is InChI=1S/C23H17FN8O2/c1-13-2-5-18(25-9-13)19-11-34-23(33)32(19)20-6-7-31-22(29-20)16(10-28-31)14-3-4-15(17(24)8-14)21-26-12-27-30-21/h2-10,12,19H,11H2,1H3,(H,26,27,30)/t19-/m1/s1. The molecule has 10 nitrogen and oxygen atoms in total. The topological polar surface area (TPSA) is 114 Å². The number of cyclic esters (lactones) is 1. The predicted octanol–water partition coefficient (Wildman–Crippen LogP) is 3.72. The van der Waals surface area contributed by atoms with Crippen molar-refractivity contribution >= 4 is 17.6 Å². The van der Waals surface area contributed by atoms with Gasteiger partial charge in [-0.2, -0.15) is 10.2 Å². The molecule has 4 aromatic heterocycles.